The molecule has 1 aromatic rings. The summed E-state index contributed by atoms with van der Waals surface area (Å²) in [6.45, 7) is 4.42. The highest BCUT2D eigenvalue weighted by Gasteiger charge is 2.27. The molecule has 3 heteroatoms. The molecule has 0 radical (unpaired) electrons. The topological polar surface area (TPSA) is 34.1 Å². The molecule has 1 fully saturated rings. The van der Waals surface area contributed by atoms with Crippen LogP contribution in [0.4, 0.5) is 0 Å². The molecule has 88 valence electrons. The van der Waals surface area contributed by atoms with Gasteiger partial charge in [-0.15, -0.1) is 0 Å². The standard InChI is InChI=1S/C13H20N2O/c1-9(10(2)15-11-6-7-11)13-12(16-3)5-4-8-14-13/h4-5,8-11,15H,6-7H2,1-3H3. The van der Waals surface area contributed by atoms with Crippen molar-refractivity contribution in [3.63, 3.8) is 0 Å². The number of aromatic nitrogens is 1. The van der Waals surface area contributed by atoms with Crippen molar-refractivity contribution in [2.45, 2.75) is 44.7 Å². The van der Waals surface area contributed by atoms with Gasteiger partial charge in [0.05, 0.1) is 12.8 Å². The molecule has 0 bridgehead atoms. The van der Waals surface area contributed by atoms with E-state index >= 15 is 0 Å². The lowest BCUT2D eigenvalue weighted by Gasteiger charge is -2.22. The van der Waals surface area contributed by atoms with E-state index in [4.69, 9.17) is 4.74 Å². The molecule has 1 aliphatic carbocycles. The van der Waals surface area contributed by atoms with Gasteiger partial charge >= 0.3 is 0 Å². The summed E-state index contributed by atoms with van der Waals surface area (Å²) in [6, 6.07) is 5.06. The van der Waals surface area contributed by atoms with Crippen molar-refractivity contribution in [1.29, 1.82) is 0 Å². The minimum absolute atomic E-state index is 0.372. The zero-order valence-electron chi connectivity index (χ0n) is 10.2. The third kappa shape index (κ3) is 2.53. The van der Waals surface area contributed by atoms with Gasteiger partial charge in [-0.2, -0.15) is 0 Å². The molecule has 1 heterocycles. The summed E-state index contributed by atoms with van der Waals surface area (Å²) in [4.78, 5) is 4.43. The van der Waals surface area contributed by atoms with Crippen LogP contribution in [0.3, 0.4) is 0 Å². The van der Waals surface area contributed by atoms with Crippen LogP contribution < -0.4 is 10.1 Å². The third-order valence-electron chi connectivity index (χ3n) is 3.28. The fourth-order valence-electron chi connectivity index (χ4n) is 1.92. The van der Waals surface area contributed by atoms with Crippen LogP contribution in [-0.4, -0.2) is 24.2 Å². The Morgan fingerprint density at radius 1 is 1.44 bits per heavy atom. The fraction of sp³-hybridized carbons (Fsp3) is 0.615. The van der Waals surface area contributed by atoms with Gasteiger partial charge < -0.3 is 10.1 Å². The van der Waals surface area contributed by atoms with Crippen molar-refractivity contribution in [3.05, 3.63) is 24.0 Å². The van der Waals surface area contributed by atoms with Gasteiger partial charge in [0.2, 0.25) is 0 Å². The predicted octanol–water partition coefficient (Wildman–Crippen LogP) is 2.33. The minimum Gasteiger partial charge on any atom is -0.495 e. The lowest BCUT2D eigenvalue weighted by Crippen LogP contribution is -2.33. The third-order valence-corrected chi connectivity index (χ3v) is 3.28. The van der Waals surface area contributed by atoms with Gasteiger partial charge in [0.15, 0.2) is 0 Å². The first kappa shape index (κ1) is 11.4. The summed E-state index contributed by atoms with van der Waals surface area (Å²) in [6.07, 6.45) is 4.46. The van der Waals surface area contributed by atoms with E-state index in [1.165, 1.54) is 12.8 Å². The van der Waals surface area contributed by atoms with Gasteiger partial charge in [0, 0.05) is 24.2 Å². The van der Waals surface area contributed by atoms with E-state index in [9.17, 15) is 0 Å². The number of rotatable bonds is 5. The fourth-order valence-corrected chi connectivity index (χ4v) is 1.92. The molecule has 1 N–H and O–H groups in total. The highest BCUT2D eigenvalue weighted by atomic mass is 16.5. The smallest absolute Gasteiger partial charge is 0.140 e. The second kappa shape index (κ2) is 4.83. The van der Waals surface area contributed by atoms with E-state index in [-0.39, 0.29) is 0 Å². The Labute approximate surface area is 97.2 Å². The molecular formula is C13H20N2O. The van der Waals surface area contributed by atoms with Crippen LogP contribution >= 0.6 is 0 Å². The molecule has 16 heavy (non-hydrogen) atoms. The SMILES string of the molecule is COc1cccnc1C(C)C(C)NC1CC1. The molecule has 1 aromatic heterocycles. The molecule has 2 atom stereocenters. The van der Waals surface area contributed by atoms with E-state index < -0.39 is 0 Å². The maximum atomic E-state index is 5.35. The Balaban J connectivity index is 2.08. The van der Waals surface area contributed by atoms with Crippen LogP contribution in [0.5, 0.6) is 5.75 Å². The lowest BCUT2D eigenvalue weighted by molar-refractivity contribution is 0.391. The van der Waals surface area contributed by atoms with Crippen LogP contribution in [0, 0.1) is 0 Å². The Hall–Kier alpha value is -1.09. The number of ether oxygens (including phenoxy) is 1. The summed E-state index contributed by atoms with van der Waals surface area (Å²) in [5.41, 5.74) is 1.05. The van der Waals surface area contributed by atoms with Gasteiger partial charge in [0.25, 0.3) is 0 Å². The summed E-state index contributed by atoms with van der Waals surface area (Å²) in [5.74, 6) is 1.26. The molecule has 0 amide bonds. The molecule has 1 aliphatic rings. The molecule has 3 nitrogen and oxygen atoms in total. The number of pyridine rings is 1. The van der Waals surface area contributed by atoms with Gasteiger partial charge in [-0.25, -0.2) is 0 Å². The normalized spacial score (nSPS) is 19.2. The van der Waals surface area contributed by atoms with Crippen molar-refractivity contribution in [3.8, 4) is 5.75 Å². The predicted molar refractivity (Wildman–Crippen MR) is 64.8 cm³/mol. The first-order chi connectivity index (χ1) is 7.72. The Kier molecular flexibility index (Phi) is 3.44. The molecule has 0 saturated heterocycles. The van der Waals surface area contributed by atoms with E-state index in [2.05, 4.69) is 24.1 Å². The van der Waals surface area contributed by atoms with Crippen molar-refractivity contribution in [2.24, 2.45) is 0 Å². The van der Waals surface area contributed by atoms with Crippen molar-refractivity contribution >= 4 is 0 Å². The molecule has 2 rings (SSSR count). The zero-order valence-corrected chi connectivity index (χ0v) is 10.2. The minimum atomic E-state index is 0.372. The molecule has 1 saturated carbocycles. The van der Waals surface area contributed by atoms with Crippen LogP contribution in [0.1, 0.15) is 38.3 Å². The van der Waals surface area contributed by atoms with Crippen LogP contribution in [0.2, 0.25) is 0 Å². The Morgan fingerprint density at radius 2 is 2.19 bits per heavy atom. The van der Waals surface area contributed by atoms with Crippen LogP contribution in [-0.2, 0) is 0 Å². The number of hydrogen-bond acceptors (Lipinski definition) is 3. The second-order valence-corrected chi connectivity index (χ2v) is 4.61. The highest BCUT2D eigenvalue weighted by molar-refractivity contribution is 5.30. The number of hydrogen-bond donors (Lipinski definition) is 1. The monoisotopic (exact) mass is 220 g/mol. The maximum Gasteiger partial charge on any atom is 0.140 e. The average Bonchev–Trinajstić information content (AvgIpc) is 3.11. The van der Waals surface area contributed by atoms with Crippen LogP contribution in [0.25, 0.3) is 0 Å². The lowest BCUT2D eigenvalue weighted by atomic mass is 9.98. The quantitative estimate of drug-likeness (QED) is 0.827. The van der Waals surface area contributed by atoms with Gasteiger partial charge in [-0.1, -0.05) is 6.92 Å². The maximum absolute atomic E-state index is 5.35. The van der Waals surface area contributed by atoms with Gasteiger partial charge in [0.1, 0.15) is 5.75 Å². The Morgan fingerprint density at radius 3 is 2.81 bits per heavy atom. The number of methoxy groups -OCH3 is 1. The summed E-state index contributed by atoms with van der Waals surface area (Å²) >= 11 is 0. The van der Waals surface area contributed by atoms with E-state index in [1.54, 1.807) is 7.11 Å². The van der Waals surface area contributed by atoms with E-state index in [1.807, 2.05) is 18.3 Å². The van der Waals surface area contributed by atoms with Crippen molar-refractivity contribution in [2.75, 3.05) is 7.11 Å². The summed E-state index contributed by atoms with van der Waals surface area (Å²) < 4.78 is 5.35. The highest BCUT2D eigenvalue weighted by Crippen LogP contribution is 2.28. The average molecular weight is 220 g/mol. The van der Waals surface area contributed by atoms with Gasteiger partial charge in [-0.05, 0) is 31.9 Å². The second-order valence-electron chi connectivity index (χ2n) is 4.61. The molecular weight excluding hydrogens is 200 g/mol. The number of nitrogens with one attached hydrogen (secondary N) is 1. The van der Waals surface area contributed by atoms with E-state index in [0.29, 0.717) is 12.0 Å². The van der Waals surface area contributed by atoms with Crippen molar-refractivity contribution < 1.29 is 4.74 Å². The Bertz CT molecular complexity index is 350. The number of nitrogens with zero attached hydrogens (tertiary/aromatic N) is 1. The first-order valence-electron chi connectivity index (χ1n) is 5.97. The van der Waals surface area contributed by atoms with Crippen molar-refractivity contribution in [1.82, 2.24) is 10.3 Å². The molecule has 0 spiro atoms. The molecule has 0 aliphatic heterocycles. The summed E-state index contributed by atoms with van der Waals surface area (Å²) in [7, 11) is 1.70. The zero-order chi connectivity index (χ0) is 11.5. The molecule has 0 aromatic carbocycles. The van der Waals surface area contributed by atoms with Gasteiger partial charge in [-0.3, -0.25) is 4.98 Å². The largest absolute Gasteiger partial charge is 0.495 e. The molecule has 2 unspecified atom stereocenters. The summed E-state index contributed by atoms with van der Waals surface area (Å²) in [5, 5.41) is 3.61. The van der Waals surface area contributed by atoms with E-state index in [0.717, 1.165) is 17.5 Å². The first-order valence-corrected chi connectivity index (χ1v) is 5.97. The van der Waals surface area contributed by atoms with Crippen LogP contribution in [0.15, 0.2) is 18.3 Å².